The highest BCUT2D eigenvalue weighted by Crippen LogP contribution is 2.21. The van der Waals surface area contributed by atoms with Crippen LogP contribution in [0.2, 0.25) is 0 Å². The summed E-state index contributed by atoms with van der Waals surface area (Å²) in [4.78, 5) is 28.1. The SMILES string of the molecule is CC(=O)c1c(C)nc(-c2coc3ccccc3c2=O)n1O. The van der Waals surface area contributed by atoms with E-state index in [0.717, 1.165) is 0 Å². The number of benzene rings is 1. The fraction of sp³-hybridized carbons (Fsp3) is 0.133. The van der Waals surface area contributed by atoms with Gasteiger partial charge in [-0.2, -0.15) is 4.73 Å². The van der Waals surface area contributed by atoms with Crippen LogP contribution in [0.1, 0.15) is 23.1 Å². The fourth-order valence-electron chi connectivity index (χ4n) is 2.33. The van der Waals surface area contributed by atoms with Crippen LogP contribution in [0.25, 0.3) is 22.4 Å². The van der Waals surface area contributed by atoms with Gasteiger partial charge in [-0.1, -0.05) is 12.1 Å². The Morgan fingerprint density at radius 2 is 2.05 bits per heavy atom. The summed E-state index contributed by atoms with van der Waals surface area (Å²) in [5.41, 5.74) is 0.648. The second-order valence-corrected chi connectivity index (χ2v) is 4.71. The molecule has 0 radical (unpaired) electrons. The molecule has 0 bridgehead atoms. The molecule has 0 spiro atoms. The minimum Gasteiger partial charge on any atom is -0.463 e. The number of aryl methyl sites for hydroxylation is 1. The molecule has 2 aromatic heterocycles. The Bertz CT molecular complexity index is 921. The molecule has 0 unspecified atom stereocenters. The number of aromatic nitrogens is 2. The van der Waals surface area contributed by atoms with Crippen molar-refractivity contribution in [3.05, 3.63) is 52.1 Å². The number of para-hydroxylation sites is 1. The number of hydrogen-bond donors (Lipinski definition) is 1. The standard InChI is InChI=1S/C15H12N2O4/c1-8-13(9(2)18)17(20)15(16-8)11-7-21-12-6-4-3-5-10(12)14(11)19/h3-7,20H,1-2H3. The van der Waals surface area contributed by atoms with Gasteiger partial charge in [-0.15, -0.1) is 0 Å². The number of ketones is 1. The Morgan fingerprint density at radius 1 is 1.33 bits per heavy atom. The highest BCUT2D eigenvalue weighted by Gasteiger charge is 2.21. The zero-order valence-electron chi connectivity index (χ0n) is 11.5. The molecule has 0 aliphatic rings. The Morgan fingerprint density at radius 3 is 2.71 bits per heavy atom. The van der Waals surface area contributed by atoms with Crippen LogP contribution in [0.5, 0.6) is 0 Å². The summed E-state index contributed by atoms with van der Waals surface area (Å²) in [6.45, 7) is 2.92. The molecule has 106 valence electrons. The summed E-state index contributed by atoms with van der Waals surface area (Å²) in [7, 11) is 0. The molecular weight excluding hydrogens is 272 g/mol. The van der Waals surface area contributed by atoms with E-state index in [2.05, 4.69) is 4.98 Å². The Hall–Kier alpha value is -2.89. The average Bonchev–Trinajstić information content (AvgIpc) is 2.74. The van der Waals surface area contributed by atoms with Crippen molar-refractivity contribution in [1.29, 1.82) is 0 Å². The highest BCUT2D eigenvalue weighted by atomic mass is 16.5. The zero-order chi connectivity index (χ0) is 15.1. The first-order chi connectivity index (χ1) is 10.0. The van der Waals surface area contributed by atoms with Crippen LogP contribution in [0.15, 0.2) is 39.7 Å². The summed E-state index contributed by atoms with van der Waals surface area (Å²) in [5.74, 6) is -0.337. The number of Topliss-reactive ketones (excluding diaryl/α,β-unsaturated/α-hetero) is 1. The second-order valence-electron chi connectivity index (χ2n) is 4.71. The third kappa shape index (κ3) is 1.92. The van der Waals surface area contributed by atoms with Gasteiger partial charge in [-0.3, -0.25) is 9.59 Å². The molecule has 0 saturated carbocycles. The quantitative estimate of drug-likeness (QED) is 0.577. The third-order valence-corrected chi connectivity index (χ3v) is 3.28. The van der Waals surface area contributed by atoms with Gasteiger partial charge in [0.05, 0.1) is 11.1 Å². The topological polar surface area (TPSA) is 85.3 Å². The van der Waals surface area contributed by atoms with E-state index in [1.807, 2.05) is 0 Å². The molecule has 2 heterocycles. The predicted molar refractivity (Wildman–Crippen MR) is 75.6 cm³/mol. The minimum atomic E-state index is -0.334. The number of hydrogen-bond acceptors (Lipinski definition) is 5. The first kappa shape index (κ1) is 13.1. The highest BCUT2D eigenvalue weighted by molar-refractivity contribution is 5.94. The van der Waals surface area contributed by atoms with Gasteiger partial charge in [0.2, 0.25) is 5.43 Å². The maximum atomic E-state index is 12.5. The van der Waals surface area contributed by atoms with Gasteiger partial charge < -0.3 is 9.62 Å². The molecular formula is C15H12N2O4. The van der Waals surface area contributed by atoms with Gasteiger partial charge in [0.1, 0.15) is 23.1 Å². The lowest BCUT2D eigenvalue weighted by Gasteiger charge is -2.03. The molecule has 0 aliphatic carbocycles. The third-order valence-electron chi connectivity index (χ3n) is 3.28. The Kier molecular flexibility index (Phi) is 2.86. The summed E-state index contributed by atoms with van der Waals surface area (Å²) < 4.78 is 6.03. The molecule has 1 aromatic carbocycles. The van der Waals surface area contributed by atoms with Gasteiger partial charge in [0, 0.05) is 6.92 Å². The van der Waals surface area contributed by atoms with Crippen molar-refractivity contribution in [2.45, 2.75) is 13.8 Å². The Labute approximate surface area is 119 Å². The minimum absolute atomic E-state index is 0.00259. The lowest BCUT2D eigenvalue weighted by Crippen LogP contribution is -2.10. The van der Waals surface area contributed by atoms with E-state index >= 15 is 0 Å². The molecule has 0 aliphatic heterocycles. The fourth-order valence-corrected chi connectivity index (χ4v) is 2.33. The van der Waals surface area contributed by atoms with E-state index < -0.39 is 0 Å². The summed E-state index contributed by atoms with van der Waals surface area (Å²) in [5, 5.41) is 10.5. The van der Waals surface area contributed by atoms with Crippen molar-refractivity contribution in [2.75, 3.05) is 0 Å². The molecule has 21 heavy (non-hydrogen) atoms. The average molecular weight is 284 g/mol. The molecule has 6 nitrogen and oxygen atoms in total. The molecule has 1 N–H and O–H groups in total. The van der Waals surface area contributed by atoms with E-state index in [0.29, 0.717) is 21.4 Å². The van der Waals surface area contributed by atoms with Crippen LogP contribution in [0, 0.1) is 6.92 Å². The van der Waals surface area contributed by atoms with Crippen LogP contribution in [0.3, 0.4) is 0 Å². The summed E-state index contributed by atoms with van der Waals surface area (Å²) in [6, 6.07) is 6.79. The van der Waals surface area contributed by atoms with Crippen LogP contribution >= 0.6 is 0 Å². The molecule has 3 aromatic rings. The number of fused-ring (bicyclic) bond motifs is 1. The molecule has 3 rings (SSSR count). The van der Waals surface area contributed by atoms with E-state index in [9.17, 15) is 14.8 Å². The van der Waals surface area contributed by atoms with Gasteiger partial charge in [0.25, 0.3) is 0 Å². The number of carbonyl (C=O) groups excluding carboxylic acids is 1. The molecule has 0 saturated heterocycles. The van der Waals surface area contributed by atoms with Gasteiger partial charge in [0.15, 0.2) is 11.6 Å². The van der Waals surface area contributed by atoms with Crippen molar-refractivity contribution in [3.8, 4) is 11.4 Å². The summed E-state index contributed by atoms with van der Waals surface area (Å²) >= 11 is 0. The number of nitrogens with zero attached hydrogens (tertiary/aromatic N) is 2. The number of imidazole rings is 1. The molecule has 0 atom stereocenters. The van der Waals surface area contributed by atoms with Crippen molar-refractivity contribution in [1.82, 2.24) is 9.71 Å². The van der Waals surface area contributed by atoms with Crippen molar-refractivity contribution in [2.24, 2.45) is 0 Å². The predicted octanol–water partition coefficient (Wildman–Crippen LogP) is 2.40. The van der Waals surface area contributed by atoms with E-state index in [-0.39, 0.29) is 28.3 Å². The first-order valence-electron chi connectivity index (χ1n) is 6.31. The van der Waals surface area contributed by atoms with Crippen molar-refractivity contribution in [3.63, 3.8) is 0 Å². The number of rotatable bonds is 2. The lowest BCUT2D eigenvalue weighted by molar-refractivity contribution is 0.0965. The van der Waals surface area contributed by atoms with E-state index in [1.165, 1.54) is 13.2 Å². The monoisotopic (exact) mass is 284 g/mol. The molecule has 6 heteroatoms. The van der Waals surface area contributed by atoms with E-state index in [1.54, 1.807) is 31.2 Å². The maximum absolute atomic E-state index is 12.5. The normalized spacial score (nSPS) is 11.0. The number of carbonyl (C=O) groups is 1. The maximum Gasteiger partial charge on any atom is 0.203 e. The molecule has 0 fully saturated rings. The van der Waals surface area contributed by atoms with Crippen LogP contribution in [-0.4, -0.2) is 20.7 Å². The first-order valence-corrected chi connectivity index (χ1v) is 6.31. The van der Waals surface area contributed by atoms with Crippen LogP contribution in [0.4, 0.5) is 0 Å². The molecule has 0 amide bonds. The zero-order valence-corrected chi connectivity index (χ0v) is 11.5. The van der Waals surface area contributed by atoms with Crippen molar-refractivity contribution >= 4 is 16.8 Å². The Balaban J connectivity index is 2.32. The van der Waals surface area contributed by atoms with Crippen molar-refractivity contribution < 1.29 is 14.4 Å². The van der Waals surface area contributed by atoms with Gasteiger partial charge in [-0.05, 0) is 19.1 Å². The van der Waals surface area contributed by atoms with Crippen LogP contribution < -0.4 is 5.43 Å². The largest absolute Gasteiger partial charge is 0.463 e. The second kappa shape index (κ2) is 4.59. The van der Waals surface area contributed by atoms with Gasteiger partial charge in [-0.25, -0.2) is 4.98 Å². The van der Waals surface area contributed by atoms with Crippen LogP contribution in [-0.2, 0) is 0 Å². The van der Waals surface area contributed by atoms with Gasteiger partial charge >= 0.3 is 0 Å². The summed E-state index contributed by atoms with van der Waals surface area (Å²) in [6.07, 6.45) is 1.24. The van der Waals surface area contributed by atoms with E-state index in [4.69, 9.17) is 4.42 Å². The smallest absolute Gasteiger partial charge is 0.203 e. The lowest BCUT2D eigenvalue weighted by atomic mass is 10.1.